The maximum atomic E-state index is 12.7. The molecule has 4 aromatic rings. The second-order valence-corrected chi connectivity index (χ2v) is 6.98. The molecule has 8 nitrogen and oxygen atoms in total. The number of benzene rings is 2. The average molecular weight is 421 g/mol. The molecular weight excluding hydrogens is 404 g/mol. The van der Waals surface area contributed by atoms with Gasteiger partial charge in [-0.2, -0.15) is 10.2 Å². The molecule has 0 aliphatic rings. The zero-order chi connectivity index (χ0) is 21.3. The van der Waals surface area contributed by atoms with Gasteiger partial charge < -0.3 is 11.1 Å². The first-order chi connectivity index (χ1) is 14.4. The van der Waals surface area contributed by atoms with Crippen molar-refractivity contribution in [1.29, 1.82) is 0 Å². The smallest absolute Gasteiger partial charge is 0.269 e. The van der Waals surface area contributed by atoms with E-state index in [-0.39, 0.29) is 11.6 Å². The fourth-order valence-electron chi connectivity index (χ4n) is 3.00. The summed E-state index contributed by atoms with van der Waals surface area (Å²) in [5.74, 6) is -0.866. The normalized spacial score (nSPS) is 10.7. The molecule has 0 aliphatic heterocycles. The highest BCUT2D eigenvalue weighted by Crippen LogP contribution is 2.19. The van der Waals surface area contributed by atoms with Crippen molar-refractivity contribution in [1.82, 2.24) is 19.6 Å². The van der Waals surface area contributed by atoms with E-state index in [0.717, 1.165) is 11.4 Å². The largest absolute Gasteiger partial charge is 0.364 e. The molecule has 30 heavy (non-hydrogen) atoms. The molecule has 2 aromatic carbocycles. The molecule has 9 heteroatoms. The predicted molar refractivity (Wildman–Crippen MR) is 113 cm³/mol. The van der Waals surface area contributed by atoms with Gasteiger partial charge in [0.25, 0.3) is 11.8 Å². The number of carbonyl (C=O) groups is 2. The van der Waals surface area contributed by atoms with Gasteiger partial charge in [-0.3, -0.25) is 9.59 Å². The topological polar surface area (TPSA) is 108 Å². The van der Waals surface area contributed by atoms with E-state index in [1.54, 1.807) is 53.3 Å². The summed E-state index contributed by atoms with van der Waals surface area (Å²) in [6.45, 7) is 1.82. The molecular formula is C21H17ClN6O2. The van der Waals surface area contributed by atoms with Crippen molar-refractivity contribution in [3.8, 4) is 11.4 Å². The number of amides is 2. The Hall–Kier alpha value is -3.91. The minimum Gasteiger partial charge on any atom is -0.364 e. The number of hydrogen-bond donors (Lipinski definition) is 2. The van der Waals surface area contributed by atoms with Crippen molar-refractivity contribution in [2.75, 3.05) is 5.32 Å². The third-order valence-corrected chi connectivity index (χ3v) is 4.77. The first-order valence-electron chi connectivity index (χ1n) is 9.00. The zero-order valence-corrected chi connectivity index (χ0v) is 16.7. The molecule has 0 saturated heterocycles. The SMILES string of the molecule is Cc1c(C(=O)Nc2ccc(-n3ccc(C(N)=O)n3)cc2)cnn1-c1cccc(Cl)c1. The summed E-state index contributed by atoms with van der Waals surface area (Å²) in [7, 11) is 0. The van der Waals surface area contributed by atoms with Crippen LogP contribution >= 0.6 is 11.6 Å². The van der Waals surface area contributed by atoms with E-state index >= 15 is 0 Å². The fraction of sp³-hybridized carbons (Fsp3) is 0.0476. The van der Waals surface area contributed by atoms with Gasteiger partial charge in [-0.05, 0) is 55.5 Å². The highest BCUT2D eigenvalue weighted by atomic mass is 35.5. The molecule has 0 saturated carbocycles. The van der Waals surface area contributed by atoms with Crippen LogP contribution in [0, 0.1) is 6.92 Å². The van der Waals surface area contributed by atoms with E-state index < -0.39 is 5.91 Å². The molecule has 0 spiro atoms. The van der Waals surface area contributed by atoms with E-state index in [4.69, 9.17) is 17.3 Å². The summed E-state index contributed by atoms with van der Waals surface area (Å²) in [6.07, 6.45) is 3.16. The number of nitrogens with zero attached hydrogens (tertiary/aromatic N) is 4. The van der Waals surface area contributed by atoms with Crippen LogP contribution in [0.3, 0.4) is 0 Å². The van der Waals surface area contributed by atoms with E-state index in [0.29, 0.717) is 22.0 Å². The van der Waals surface area contributed by atoms with E-state index in [2.05, 4.69) is 15.5 Å². The van der Waals surface area contributed by atoms with Crippen LogP contribution in [0.5, 0.6) is 0 Å². The average Bonchev–Trinajstić information content (AvgIpc) is 3.36. The molecule has 0 atom stereocenters. The van der Waals surface area contributed by atoms with Crippen molar-refractivity contribution in [2.24, 2.45) is 5.73 Å². The van der Waals surface area contributed by atoms with Crippen molar-refractivity contribution in [2.45, 2.75) is 6.92 Å². The van der Waals surface area contributed by atoms with Gasteiger partial charge in [0, 0.05) is 16.9 Å². The van der Waals surface area contributed by atoms with Crippen LogP contribution in [0.15, 0.2) is 67.0 Å². The Bertz CT molecular complexity index is 1240. The molecule has 150 valence electrons. The summed E-state index contributed by atoms with van der Waals surface area (Å²) in [5.41, 5.74) is 8.67. The van der Waals surface area contributed by atoms with Crippen molar-refractivity contribution in [3.63, 3.8) is 0 Å². The van der Waals surface area contributed by atoms with Crippen LogP contribution in [0.25, 0.3) is 11.4 Å². The summed E-state index contributed by atoms with van der Waals surface area (Å²) in [4.78, 5) is 23.9. The Kier molecular flexibility index (Phi) is 5.07. The van der Waals surface area contributed by atoms with Crippen LogP contribution in [0.1, 0.15) is 26.5 Å². The maximum absolute atomic E-state index is 12.7. The highest BCUT2D eigenvalue weighted by molar-refractivity contribution is 6.30. The third-order valence-electron chi connectivity index (χ3n) is 4.54. The monoisotopic (exact) mass is 420 g/mol. The van der Waals surface area contributed by atoms with Gasteiger partial charge in [0.05, 0.1) is 28.8 Å². The van der Waals surface area contributed by atoms with E-state index in [1.165, 1.54) is 10.9 Å². The molecule has 0 fully saturated rings. The number of carbonyl (C=O) groups excluding carboxylic acids is 2. The zero-order valence-electron chi connectivity index (χ0n) is 15.9. The number of nitrogens with two attached hydrogens (primary N) is 1. The number of halogens is 1. The molecule has 2 heterocycles. The number of hydrogen-bond acceptors (Lipinski definition) is 4. The van der Waals surface area contributed by atoms with Gasteiger partial charge in [-0.15, -0.1) is 0 Å². The molecule has 3 N–H and O–H groups in total. The number of aromatic nitrogens is 4. The van der Waals surface area contributed by atoms with E-state index in [1.807, 2.05) is 19.1 Å². The molecule has 0 unspecified atom stereocenters. The summed E-state index contributed by atoms with van der Waals surface area (Å²) < 4.78 is 3.20. The number of rotatable bonds is 5. The Morgan fingerprint density at radius 3 is 2.50 bits per heavy atom. The van der Waals surface area contributed by atoms with Gasteiger partial charge in [0.1, 0.15) is 5.69 Å². The van der Waals surface area contributed by atoms with Crippen LogP contribution < -0.4 is 11.1 Å². The minimum atomic E-state index is -0.591. The van der Waals surface area contributed by atoms with Crippen molar-refractivity contribution >= 4 is 29.1 Å². The first-order valence-corrected chi connectivity index (χ1v) is 9.38. The minimum absolute atomic E-state index is 0.180. The maximum Gasteiger partial charge on any atom is 0.269 e. The lowest BCUT2D eigenvalue weighted by molar-refractivity contribution is 0.0993. The Morgan fingerprint density at radius 2 is 1.83 bits per heavy atom. The molecule has 2 amide bonds. The summed E-state index contributed by atoms with van der Waals surface area (Å²) in [5, 5.41) is 11.9. The number of anilines is 1. The van der Waals surface area contributed by atoms with E-state index in [9.17, 15) is 9.59 Å². The van der Waals surface area contributed by atoms with Crippen LogP contribution in [0.4, 0.5) is 5.69 Å². The fourth-order valence-corrected chi connectivity index (χ4v) is 3.18. The van der Waals surface area contributed by atoms with Crippen LogP contribution in [-0.4, -0.2) is 31.4 Å². The Balaban J connectivity index is 1.51. The number of primary amides is 1. The standard InChI is InChI=1S/C21H17ClN6O2/c1-13-18(12-24-28(13)17-4-2-3-14(22)11-17)21(30)25-15-5-7-16(8-6-15)27-10-9-19(26-27)20(23)29/h2-12H,1H3,(H2,23,29)(H,25,30). The molecule has 0 aliphatic carbocycles. The van der Waals surface area contributed by atoms with Gasteiger partial charge >= 0.3 is 0 Å². The highest BCUT2D eigenvalue weighted by Gasteiger charge is 2.16. The lowest BCUT2D eigenvalue weighted by Crippen LogP contribution is -2.13. The Labute approximate surface area is 176 Å². The van der Waals surface area contributed by atoms with Crippen LogP contribution in [-0.2, 0) is 0 Å². The predicted octanol–water partition coefficient (Wildman–Crippen LogP) is 3.37. The molecule has 2 aromatic heterocycles. The third kappa shape index (κ3) is 3.81. The van der Waals surface area contributed by atoms with Crippen molar-refractivity contribution < 1.29 is 9.59 Å². The van der Waals surface area contributed by atoms with Gasteiger partial charge in [0.15, 0.2) is 0 Å². The molecule has 4 rings (SSSR count). The van der Waals surface area contributed by atoms with Crippen molar-refractivity contribution in [3.05, 3.63) is 89.0 Å². The number of nitrogens with one attached hydrogen (secondary N) is 1. The van der Waals surface area contributed by atoms with Crippen LogP contribution in [0.2, 0.25) is 5.02 Å². The summed E-state index contributed by atoms with van der Waals surface area (Å²) in [6, 6.07) is 15.8. The summed E-state index contributed by atoms with van der Waals surface area (Å²) >= 11 is 6.05. The van der Waals surface area contributed by atoms with Gasteiger partial charge in [0.2, 0.25) is 0 Å². The second kappa shape index (κ2) is 7.84. The Morgan fingerprint density at radius 1 is 1.07 bits per heavy atom. The van der Waals surface area contributed by atoms with Gasteiger partial charge in [-0.1, -0.05) is 17.7 Å². The lowest BCUT2D eigenvalue weighted by Gasteiger charge is -2.08. The quantitative estimate of drug-likeness (QED) is 0.516. The lowest BCUT2D eigenvalue weighted by atomic mass is 10.2. The first kappa shape index (κ1) is 19.4. The van der Waals surface area contributed by atoms with Gasteiger partial charge in [-0.25, -0.2) is 9.36 Å². The molecule has 0 radical (unpaired) electrons. The second-order valence-electron chi connectivity index (χ2n) is 6.55. The molecule has 0 bridgehead atoms.